The topological polar surface area (TPSA) is 9.72 Å². The summed E-state index contributed by atoms with van der Waals surface area (Å²) in [5.74, 6) is 0. The molecule has 0 bridgehead atoms. The lowest BCUT2D eigenvalue weighted by Crippen LogP contribution is -2.39. The van der Waals surface area contributed by atoms with E-state index in [1.54, 1.807) is 0 Å². The molecule has 4 heteroatoms. The van der Waals surface area contributed by atoms with Crippen molar-refractivity contribution < 1.29 is 0 Å². The van der Waals surface area contributed by atoms with E-state index in [0.717, 1.165) is 0 Å². The van der Waals surface area contributed by atoms with Crippen LogP contribution in [-0.4, -0.2) is 54.3 Å². The first-order chi connectivity index (χ1) is 7.79. The molecular formula is C12H26N3P. The van der Waals surface area contributed by atoms with Gasteiger partial charge in [0, 0.05) is 26.2 Å². The monoisotopic (exact) mass is 243 g/mol. The van der Waals surface area contributed by atoms with Gasteiger partial charge in [-0.3, -0.25) is 14.0 Å². The Morgan fingerprint density at radius 1 is 0.688 bits per heavy atom. The van der Waals surface area contributed by atoms with Gasteiger partial charge in [0.1, 0.15) is 8.37 Å². The number of nitrogens with zero attached hydrogens (tertiary/aromatic N) is 3. The zero-order valence-electron chi connectivity index (χ0n) is 10.9. The van der Waals surface area contributed by atoms with Gasteiger partial charge >= 0.3 is 0 Å². The van der Waals surface area contributed by atoms with Crippen molar-refractivity contribution in [2.45, 2.75) is 38.5 Å². The van der Waals surface area contributed by atoms with Crippen molar-refractivity contribution >= 4 is 8.37 Å². The smallest absolute Gasteiger partial charge is 0.119 e. The lowest BCUT2D eigenvalue weighted by molar-refractivity contribution is 0.288. The molecule has 2 rings (SSSR count). The Bertz CT molecular complexity index is 180. The molecule has 0 amide bonds. The molecule has 3 nitrogen and oxygen atoms in total. The molecule has 0 aromatic carbocycles. The third kappa shape index (κ3) is 3.16. The van der Waals surface area contributed by atoms with Gasteiger partial charge in [-0.15, -0.1) is 0 Å². The highest BCUT2D eigenvalue weighted by Crippen LogP contribution is 2.48. The SMILES string of the molecule is CN(C)P(N1CCCCC1)N1CCCCC1. The fourth-order valence-corrected chi connectivity index (χ4v) is 5.45. The molecular weight excluding hydrogens is 217 g/mol. The second-order valence-electron chi connectivity index (χ2n) is 5.14. The second kappa shape index (κ2) is 6.30. The van der Waals surface area contributed by atoms with Gasteiger partial charge in [0.25, 0.3) is 0 Å². The molecule has 2 saturated heterocycles. The molecule has 0 atom stereocenters. The highest BCUT2D eigenvalue weighted by molar-refractivity contribution is 7.50. The van der Waals surface area contributed by atoms with Gasteiger partial charge in [-0.1, -0.05) is 12.8 Å². The Balaban J connectivity index is 1.96. The molecule has 16 heavy (non-hydrogen) atoms. The van der Waals surface area contributed by atoms with Crippen molar-refractivity contribution in [3.05, 3.63) is 0 Å². The van der Waals surface area contributed by atoms with Crippen LogP contribution in [0, 0.1) is 0 Å². The summed E-state index contributed by atoms with van der Waals surface area (Å²) in [6, 6.07) is 0. The van der Waals surface area contributed by atoms with E-state index >= 15 is 0 Å². The van der Waals surface area contributed by atoms with Crippen LogP contribution >= 0.6 is 8.37 Å². The van der Waals surface area contributed by atoms with Crippen LogP contribution in [0.25, 0.3) is 0 Å². The highest BCUT2D eigenvalue weighted by atomic mass is 31.2. The van der Waals surface area contributed by atoms with Crippen LogP contribution in [0.4, 0.5) is 0 Å². The third-order valence-corrected chi connectivity index (χ3v) is 6.06. The first-order valence-corrected chi connectivity index (χ1v) is 7.96. The molecule has 2 aliphatic heterocycles. The lowest BCUT2D eigenvalue weighted by Gasteiger charge is -2.45. The lowest BCUT2D eigenvalue weighted by atomic mass is 10.2. The fraction of sp³-hybridized carbons (Fsp3) is 1.00. The van der Waals surface area contributed by atoms with E-state index in [2.05, 4.69) is 28.1 Å². The van der Waals surface area contributed by atoms with Crippen molar-refractivity contribution in [1.29, 1.82) is 0 Å². The largest absolute Gasteiger partial charge is 0.263 e. The van der Waals surface area contributed by atoms with E-state index in [4.69, 9.17) is 0 Å². The van der Waals surface area contributed by atoms with Gasteiger partial charge in [0.15, 0.2) is 0 Å². The van der Waals surface area contributed by atoms with Crippen molar-refractivity contribution in [3.8, 4) is 0 Å². The van der Waals surface area contributed by atoms with E-state index < -0.39 is 0 Å². The van der Waals surface area contributed by atoms with E-state index in [0.29, 0.717) is 0 Å². The van der Waals surface area contributed by atoms with Crippen LogP contribution in [0.2, 0.25) is 0 Å². The minimum atomic E-state index is -0.156. The molecule has 2 aliphatic rings. The Labute approximate surface area is 102 Å². The van der Waals surface area contributed by atoms with Gasteiger partial charge in [0.2, 0.25) is 0 Å². The molecule has 0 unspecified atom stereocenters. The highest BCUT2D eigenvalue weighted by Gasteiger charge is 2.29. The molecule has 0 aromatic heterocycles. The molecule has 94 valence electrons. The Kier molecular flexibility index (Phi) is 5.02. The summed E-state index contributed by atoms with van der Waals surface area (Å²) in [6.07, 6.45) is 8.49. The van der Waals surface area contributed by atoms with Gasteiger partial charge in [-0.25, -0.2) is 0 Å². The second-order valence-corrected chi connectivity index (χ2v) is 7.61. The number of hydrogen-bond donors (Lipinski definition) is 0. The Morgan fingerprint density at radius 2 is 1.06 bits per heavy atom. The quantitative estimate of drug-likeness (QED) is 0.706. The Hall–Kier alpha value is 0.310. The predicted molar refractivity (Wildman–Crippen MR) is 71.5 cm³/mol. The molecule has 0 spiro atoms. The van der Waals surface area contributed by atoms with Gasteiger partial charge < -0.3 is 0 Å². The summed E-state index contributed by atoms with van der Waals surface area (Å²) in [6.45, 7) is 5.28. The van der Waals surface area contributed by atoms with E-state index in [1.807, 2.05) is 0 Å². The average Bonchev–Trinajstić information content (AvgIpc) is 2.31. The zero-order chi connectivity index (χ0) is 11.4. The standard InChI is InChI=1S/C12H26N3P/c1-13(2)16(14-9-5-3-6-10-14)15-11-7-4-8-12-15/h3-12H2,1-2H3. The molecule has 2 fully saturated rings. The Morgan fingerprint density at radius 3 is 1.38 bits per heavy atom. The average molecular weight is 243 g/mol. The van der Waals surface area contributed by atoms with Crippen LogP contribution < -0.4 is 0 Å². The predicted octanol–water partition coefficient (Wildman–Crippen LogP) is 2.75. The normalized spacial score (nSPS) is 25.5. The fourth-order valence-electron chi connectivity index (χ4n) is 2.80. The van der Waals surface area contributed by atoms with Crippen LogP contribution in [0.5, 0.6) is 0 Å². The van der Waals surface area contributed by atoms with E-state index in [-0.39, 0.29) is 8.37 Å². The van der Waals surface area contributed by atoms with E-state index in [9.17, 15) is 0 Å². The molecule has 0 N–H and O–H groups in total. The minimum Gasteiger partial charge on any atom is -0.263 e. The van der Waals surface area contributed by atoms with Gasteiger partial charge in [0.05, 0.1) is 0 Å². The summed E-state index contributed by atoms with van der Waals surface area (Å²) in [7, 11) is 4.36. The van der Waals surface area contributed by atoms with Crippen LogP contribution in [0.3, 0.4) is 0 Å². The molecule has 0 radical (unpaired) electrons. The van der Waals surface area contributed by atoms with Crippen molar-refractivity contribution in [2.75, 3.05) is 40.3 Å². The van der Waals surface area contributed by atoms with Gasteiger partial charge in [-0.2, -0.15) is 0 Å². The first kappa shape index (κ1) is 12.8. The summed E-state index contributed by atoms with van der Waals surface area (Å²) >= 11 is 0. The summed E-state index contributed by atoms with van der Waals surface area (Å²) in [5, 5.41) is 0. The first-order valence-electron chi connectivity index (χ1n) is 6.76. The van der Waals surface area contributed by atoms with Crippen LogP contribution in [-0.2, 0) is 0 Å². The minimum absolute atomic E-state index is 0.156. The molecule has 0 saturated carbocycles. The summed E-state index contributed by atoms with van der Waals surface area (Å²) in [5.41, 5.74) is 0. The third-order valence-electron chi connectivity index (χ3n) is 3.53. The van der Waals surface area contributed by atoms with Crippen molar-refractivity contribution in [3.63, 3.8) is 0 Å². The molecule has 0 aliphatic carbocycles. The number of hydrogen-bond acceptors (Lipinski definition) is 3. The summed E-state index contributed by atoms with van der Waals surface area (Å²) < 4.78 is 7.94. The number of rotatable bonds is 3. The number of piperidine rings is 2. The summed E-state index contributed by atoms with van der Waals surface area (Å²) in [4.78, 5) is 0. The maximum absolute atomic E-state index is 2.74. The van der Waals surface area contributed by atoms with Crippen molar-refractivity contribution in [2.24, 2.45) is 0 Å². The van der Waals surface area contributed by atoms with E-state index in [1.165, 1.54) is 64.7 Å². The molecule has 2 heterocycles. The van der Waals surface area contributed by atoms with Gasteiger partial charge in [-0.05, 0) is 39.8 Å². The van der Waals surface area contributed by atoms with Crippen molar-refractivity contribution in [1.82, 2.24) is 14.0 Å². The van der Waals surface area contributed by atoms with Crippen LogP contribution in [0.1, 0.15) is 38.5 Å². The molecule has 0 aromatic rings. The maximum atomic E-state index is 2.74. The maximum Gasteiger partial charge on any atom is 0.119 e. The zero-order valence-corrected chi connectivity index (χ0v) is 11.8. The van der Waals surface area contributed by atoms with Crippen LogP contribution in [0.15, 0.2) is 0 Å².